The van der Waals surface area contributed by atoms with Crippen LogP contribution in [0.5, 0.6) is 0 Å². The first-order valence-electron chi connectivity index (χ1n) is 9.99. The lowest BCUT2D eigenvalue weighted by Crippen LogP contribution is -2.29. The fourth-order valence-corrected chi connectivity index (χ4v) is 4.14. The second-order valence-electron chi connectivity index (χ2n) is 8.06. The molecule has 0 fully saturated rings. The van der Waals surface area contributed by atoms with Gasteiger partial charge >= 0.3 is 11.9 Å². The predicted molar refractivity (Wildman–Crippen MR) is 123 cm³/mol. The molecule has 2 aromatic heterocycles. The molecule has 1 amide bonds. The molecule has 9 nitrogen and oxygen atoms in total. The molecule has 1 aliphatic rings. The summed E-state index contributed by atoms with van der Waals surface area (Å²) in [6, 6.07) is 6.05. The minimum Gasteiger partial charge on any atom is -0.477 e. The van der Waals surface area contributed by atoms with E-state index in [1.54, 1.807) is 6.07 Å². The van der Waals surface area contributed by atoms with E-state index in [1.807, 2.05) is 26.8 Å². The van der Waals surface area contributed by atoms with Crippen molar-refractivity contribution in [2.45, 2.75) is 43.3 Å². The van der Waals surface area contributed by atoms with Gasteiger partial charge in [-0.2, -0.15) is 5.10 Å². The molecule has 10 heteroatoms. The first-order valence-corrected chi connectivity index (χ1v) is 11.1. The molecule has 166 valence electrons. The Morgan fingerprint density at radius 3 is 2.72 bits per heavy atom. The summed E-state index contributed by atoms with van der Waals surface area (Å²) < 4.78 is 6.19. The summed E-state index contributed by atoms with van der Waals surface area (Å²) >= 11 is 2.06. The molecule has 2 N–H and O–H groups in total. The number of carbonyl (C=O) groups is 3. The lowest BCUT2D eigenvalue weighted by Gasteiger charge is -2.20. The van der Waals surface area contributed by atoms with Crippen molar-refractivity contribution in [1.29, 1.82) is 0 Å². The molecule has 0 radical (unpaired) electrons. The Hall–Kier alpha value is -3.02. The van der Waals surface area contributed by atoms with Gasteiger partial charge in [-0.3, -0.25) is 4.79 Å². The quantitative estimate of drug-likeness (QED) is 0.284. The third-order valence-electron chi connectivity index (χ3n) is 5.36. The molecule has 0 bridgehead atoms. The van der Waals surface area contributed by atoms with Crippen molar-refractivity contribution in [1.82, 2.24) is 19.9 Å². The van der Waals surface area contributed by atoms with Crippen molar-refractivity contribution in [2.75, 3.05) is 0 Å². The number of carboxylic acids is 1. The van der Waals surface area contributed by atoms with E-state index >= 15 is 0 Å². The van der Waals surface area contributed by atoms with E-state index in [-0.39, 0.29) is 29.0 Å². The van der Waals surface area contributed by atoms with Crippen LogP contribution >= 0.6 is 22.6 Å². The molecule has 0 spiro atoms. The molecule has 4 rings (SSSR count). The van der Waals surface area contributed by atoms with Gasteiger partial charge in [-0.05, 0) is 79.0 Å². The molecule has 2 heterocycles. The summed E-state index contributed by atoms with van der Waals surface area (Å²) in [5, 5.41) is 16.4. The zero-order chi connectivity index (χ0) is 23.2. The number of ether oxygens (including phenoxy) is 1. The van der Waals surface area contributed by atoms with Gasteiger partial charge in [0.05, 0.1) is 17.8 Å². The smallest absolute Gasteiger partial charge is 0.354 e. The highest BCUT2D eigenvalue weighted by Gasteiger charge is 2.30. The Kier molecular flexibility index (Phi) is 5.65. The molecular formula is C22H21IN4O5. The second kappa shape index (κ2) is 8.15. The fraction of sp³-hybridized carbons (Fsp3) is 0.318. The summed E-state index contributed by atoms with van der Waals surface area (Å²) in [6.45, 7) is 5.51. The van der Waals surface area contributed by atoms with Crippen LogP contribution in [-0.2, 0) is 11.2 Å². The zero-order valence-electron chi connectivity index (χ0n) is 17.7. The van der Waals surface area contributed by atoms with E-state index in [1.165, 1.54) is 22.8 Å². The van der Waals surface area contributed by atoms with Crippen LogP contribution < -0.4 is 5.32 Å². The average molecular weight is 548 g/mol. The number of esters is 1. The van der Waals surface area contributed by atoms with Crippen molar-refractivity contribution in [3.8, 4) is 0 Å². The highest BCUT2D eigenvalue weighted by Crippen LogP contribution is 2.35. The number of benzene rings is 1. The Labute approximate surface area is 197 Å². The number of nitrogens with zero attached hydrogens (tertiary/aromatic N) is 3. The first-order chi connectivity index (χ1) is 15.0. The summed E-state index contributed by atoms with van der Waals surface area (Å²) in [5.41, 5.74) is 3.44. The van der Waals surface area contributed by atoms with Crippen LogP contribution in [0.2, 0.25) is 0 Å². The highest BCUT2D eigenvalue weighted by molar-refractivity contribution is 14.1. The second-order valence-corrected chi connectivity index (χ2v) is 10.7. The number of carboxylic acid groups (broad SMARTS) is 1. The molecule has 0 saturated heterocycles. The average Bonchev–Trinajstić information content (AvgIpc) is 3.33. The van der Waals surface area contributed by atoms with E-state index in [4.69, 9.17) is 4.74 Å². The highest BCUT2D eigenvalue weighted by atomic mass is 127. The van der Waals surface area contributed by atoms with E-state index < -0.39 is 15.5 Å². The van der Waals surface area contributed by atoms with Crippen molar-refractivity contribution in [3.05, 3.63) is 64.1 Å². The number of hydrogen-bond donors (Lipinski definition) is 2. The Morgan fingerprint density at radius 1 is 1.28 bits per heavy atom. The van der Waals surface area contributed by atoms with Gasteiger partial charge in [0, 0.05) is 12.1 Å². The number of hydrogen-bond acceptors (Lipinski definition) is 6. The van der Waals surface area contributed by atoms with Crippen LogP contribution in [0.15, 0.2) is 30.5 Å². The van der Waals surface area contributed by atoms with Crippen molar-refractivity contribution in [2.24, 2.45) is 0 Å². The molecule has 0 saturated carbocycles. The van der Waals surface area contributed by atoms with E-state index in [0.29, 0.717) is 18.4 Å². The minimum atomic E-state index is -1.22. The molecule has 32 heavy (non-hydrogen) atoms. The minimum absolute atomic E-state index is 0.0899. The first kappa shape index (κ1) is 22.2. The molecule has 1 atom stereocenters. The standard InChI is InChI=1S/C22H21IN4O5/c1-11-12-6-7-15(14(12)5-4-13(11)21(31)32-22(2,3)23)26-19(28)17-10-16(20(29)30)25-18-8-9-24-27(17)18/h4-5,8-10,15H,6-7H2,1-3H3,(H,26,28)(H,29,30)/t15-/m0/s1. The Bertz CT molecular complexity index is 1260. The fourth-order valence-electron chi connectivity index (χ4n) is 3.94. The topological polar surface area (TPSA) is 123 Å². The number of halogens is 1. The maximum absolute atomic E-state index is 13.0. The zero-order valence-corrected chi connectivity index (χ0v) is 19.8. The largest absolute Gasteiger partial charge is 0.477 e. The van der Waals surface area contributed by atoms with Crippen molar-refractivity contribution >= 4 is 46.1 Å². The van der Waals surface area contributed by atoms with Crippen LogP contribution in [0.3, 0.4) is 0 Å². The third-order valence-corrected chi connectivity index (χ3v) is 5.59. The van der Waals surface area contributed by atoms with Gasteiger partial charge < -0.3 is 15.2 Å². The molecule has 1 aromatic carbocycles. The molecular weight excluding hydrogens is 527 g/mol. The number of aromatic carboxylic acids is 1. The van der Waals surface area contributed by atoms with Crippen molar-refractivity contribution in [3.63, 3.8) is 0 Å². The van der Waals surface area contributed by atoms with Crippen LogP contribution in [-0.4, -0.2) is 41.2 Å². The molecule has 1 aliphatic carbocycles. The normalized spacial score (nSPS) is 15.4. The summed E-state index contributed by atoms with van der Waals surface area (Å²) in [6.07, 6.45) is 2.82. The number of aromatic nitrogens is 3. The number of fused-ring (bicyclic) bond motifs is 2. The number of alkyl halides is 1. The predicted octanol–water partition coefficient (Wildman–Crippen LogP) is 3.48. The van der Waals surface area contributed by atoms with Crippen LogP contribution in [0, 0.1) is 6.92 Å². The van der Waals surface area contributed by atoms with Crippen LogP contribution in [0.1, 0.15) is 74.3 Å². The van der Waals surface area contributed by atoms with Crippen LogP contribution in [0.4, 0.5) is 0 Å². The molecule has 0 unspecified atom stereocenters. The van der Waals surface area contributed by atoms with Gasteiger partial charge in [-0.15, -0.1) is 0 Å². The van der Waals surface area contributed by atoms with E-state index in [0.717, 1.165) is 16.7 Å². The summed E-state index contributed by atoms with van der Waals surface area (Å²) in [5.74, 6) is -2.05. The Balaban J connectivity index is 1.61. The van der Waals surface area contributed by atoms with Gasteiger partial charge in [0.15, 0.2) is 14.9 Å². The lowest BCUT2D eigenvalue weighted by atomic mass is 9.98. The number of nitrogens with one attached hydrogen (secondary N) is 1. The van der Waals surface area contributed by atoms with Gasteiger partial charge in [0.1, 0.15) is 5.69 Å². The van der Waals surface area contributed by atoms with Gasteiger partial charge in [-0.25, -0.2) is 19.1 Å². The number of rotatable bonds is 5. The van der Waals surface area contributed by atoms with E-state index in [9.17, 15) is 19.5 Å². The Morgan fingerprint density at radius 2 is 2.03 bits per heavy atom. The molecule has 3 aromatic rings. The SMILES string of the molecule is Cc1c(C(=O)OC(C)(C)I)ccc2c1CC[C@@H]2NC(=O)c1cc(C(=O)O)nc2ccnn12. The van der Waals surface area contributed by atoms with E-state index in [2.05, 4.69) is 38.0 Å². The number of carbonyl (C=O) groups excluding carboxylic acids is 2. The lowest BCUT2D eigenvalue weighted by molar-refractivity contribution is 0.0338. The van der Waals surface area contributed by atoms with Gasteiger partial charge in [-0.1, -0.05) is 6.07 Å². The molecule has 0 aliphatic heterocycles. The number of amides is 1. The van der Waals surface area contributed by atoms with Crippen LogP contribution in [0.25, 0.3) is 5.65 Å². The third kappa shape index (κ3) is 4.18. The monoisotopic (exact) mass is 548 g/mol. The maximum Gasteiger partial charge on any atom is 0.354 e. The summed E-state index contributed by atoms with van der Waals surface area (Å²) in [4.78, 5) is 41.0. The maximum atomic E-state index is 13.0. The van der Waals surface area contributed by atoms with Gasteiger partial charge in [0.2, 0.25) is 0 Å². The van der Waals surface area contributed by atoms with Crippen molar-refractivity contribution < 1.29 is 24.2 Å². The van der Waals surface area contributed by atoms with Gasteiger partial charge in [0.25, 0.3) is 5.91 Å². The summed E-state index contributed by atoms with van der Waals surface area (Å²) in [7, 11) is 0.